The molecule has 0 saturated heterocycles. The fraction of sp³-hybridized carbons (Fsp3) is 0.133. The average molecular weight is 307 g/mol. The van der Waals surface area contributed by atoms with Gasteiger partial charge in [-0.1, -0.05) is 29.3 Å². The molecule has 0 heterocycles. The maximum atomic E-state index is 8.79. The zero-order chi connectivity index (χ0) is 14.5. The second-order valence-electron chi connectivity index (χ2n) is 4.16. The van der Waals surface area contributed by atoms with E-state index in [1.807, 2.05) is 6.07 Å². The zero-order valence-corrected chi connectivity index (χ0v) is 12.1. The molecule has 2 aromatic carbocycles. The summed E-state index contributed by atoms with van der Waals surface area (Å²) in [6.45, 7) is 0.649. The number of hydrogen-bond acceptors (Lipinski definition) is 3. The van der Waals surface area contributed by atoms with Crippen LogP contribution in [0, 0.1) is 11.3 Å². The van der Waals surface area contributed by atoms with Crippen LogP contribution >= 0.6 is 23.2 Å². The molecule has 0 radical (unpaired) electrons. The molecule has 0 aliphatic rings. The quantitative estimate of drug-likeness (QED) is 0.932. The van der Waals surface area contributed by atoms with E-state index in [-0.39, 0.29) is 0 Å². The topological polar surface area (TPSA) is 59.0 Å². The lowest BCUT2D eigenvalue weighted by atomic mass is 10.1. The van der Waals surface area contributed by atoms with Crippen LogP contribution in [0.4, 0.5) is 0 Å². The zero-order valence-electron chi connectivity index (χ0n) is 10.6. The normalized spacial score (nSPS) is 10.1. The van der Waals surface area contributed by atoms with Gasteiger partial charge in [-0.15, -0.1) is 0 Å². The van der Waals surface area contributed by atoms with Gasteiger partial charge in [0, 0.05) is 27.7 Å². The summed E-state index contributed by atoms with van der Waals surface area (Å²) in [7, 11) is 0. The third-order valence-corrected chi connectivity index (χ3v) is 3.39. The molecule has 0 aromatic heterocycles. The highest BCUT2D eigenvalue weighted by atomic mass is 35.5. The highest BCUT2D eigenvalue weighted by Gasteiger charge is 2.06. The molecule has 0 saturated carbocycles. The maximum absolute atomic E-state index is 8.79. The van der Waals surface area contributed by atoms with Gasteiger partial charge < -0.3 is 10.5 Å². The molecule has 3 nitrogen and oxygen atoms in total. The summed E-state index contributed by atoms with van der Waals surface area (Å²) in [4.78, 5) is 0. The summed E-state index contributed by atoms with van der Waals surface area (Å²) in [6, 6.07) is 12.4. The van der Waals surface area contributed by atoms with Gasteiger partial charge in [0.25, 0.3) is 0 Å². The van der Waals surface area contributed by atoms with Crippen LogP contribution in [0.2, 0.25) is 10.0 Å². The number of rotatable bonds is 4. The first kappa shape index (κ1) is 14.7. The minimum Gasteiger partial charge on any atom is -0.489 e. The van der Waals surface area contributed by atoms with Crippen LogP contribution in [0.15, 0.2) is 36.4 Å². The Kier molecular flexibility index (Phi) is 4.86. The van der Waals surface area contributed by atoms with Gasteiger partial charge in [0.15, 0.2) is 0 Å². The first-order valence-corrected chi connectivity index (χ1v) is 6.69. The fourth-order valence-electron chi connectivity index (χ4n) is 1.74. The van der Waals surface area contributed by atoms with E-state index in [0.29, 0.717) is 34.5 Å². The summed E-state index contributed by atoms with van der Waals surface area (Å²) in [5, 5.41) is 9.92. The van der Waals surface area contributed by atoms with Crippen LogP contribution in [-0.4, -0.2) is 0 Å². The van der Waals surface area contributed by atoms with Gasteiger partial charge in [-0.3, -0.25) is 0 Å². The van der Waals surface area contributed by atoms with E-state index >= 15 is 0 Å². The van der Waals surface area contributed by atoms with Gasteiger partial charge in [0.1, 0.15) is 12.4 Å². The Morgan fingerprint density at radius 2 is 1.90 bits per heavy atom. The molecule has 0 aliphatic carbocycles. The van der Waals surface area contributed by atoms with E-state index < -0.39 is 0 Å². The molecule has 0 aliphatic heterocycles. The molecular weight excluding hydrogens is 295 g/mol. The van der Waals surface area contributed by atoms with Crippen molar-refractivity contribution >= 4 is 23.2 Å². The molecule has 0 fully saturated rings. The fourth-order valence-corrected chi connectivity index (χ4v) is 2.17. The minimum absolute atomic E-state index is 0.305. The lowest BCUT2D eigenvalue weighted by Gasteiger charge is -2.11. The summed E-state index contributed by atoms with van der Waals surface area (Å²) >= 11 is 12.0. The van der Waals surface area contributed by atoms with Gasteiger partial charge in [-0.2, -0.15) is 5.26 Å². The van der Waals surface area contributed by atoms with Crippen LogP contribution < -0.4 is 10.5 Å². The summed E-state index contributed by atoms with van der Waals surface area (Å²) < 4.78 is 5.72. The number of nitrogens with zero attached hydrogens (tertiary/aromatic N) is 1. The van der Waals surface area contributed by atoms with Gasteiger partial charge in [-0.05, 0) is 30.3 Å². The highest BCUT2D eigenvalue weighted by Crippen LogP contribution is 2.25. The molecule has 2 N–H and O–H groups in total. The van der Waals surface area contributed by atoms with Crippen molar-refractivity contribution in [3.8, 4) is 11.8 Å². The monoisotopic (exact) mass is 306 g/mol. The van der Waals surface area contributed by atoms with Crippen molar-refractivity contribution in [1.29, 1.82) is 5.26 Å². The average Bonchev–Trinajstić information content (AvgIpc) is 2.46. The second-order valence-corrected chi connectivity index (χ2v) is 5.01. The van der Waals surface area contributed by atoms with Crippen molar-refractivity contribution in [2.75, 3.05) is 0 Å². The minimum atomic E-state index is 0.305. The van der Waals surface area contributed by atoms with Crippen molar-refractivity contribution in [3.05, 3.63) is 63.1 Å². The number of halogens is 2. The molecule has 20 heavy (non-hydrogen) atoms. The number of benzene rings is 2. The molecule has 2 rings (SSSR count). The molecule has 0 amide bonds. The van der Waals surface area contributed by atoms with Crippen molar-refractivity contribution in [3.63, 3.8) is 0 Å². The van der Waals surface area contributed by atoms with Crippen molar-refractivity contribution < 1.29 is 4.74 Å². The number of nitriles is 1. The Balaban J connectivity index is 2.15. The summed E-state index contributed by atoms with van der Waals surface area (Å²) in [6.07, 6.45) is 0. The molecule has 0 unspecified atom stereocenters. The standard InChI is InChI=1S/C15H12Cl2N2O/c16-13-3-4-15(12(6-13)8-19)20-9-11-2-1-10(7-18)5-14(11)17/h1-6H,8-9,19H2. The summed E-state index contributed by atoms with van der Waals surface area (Å²) in [5.74, 6) is 0.678. The predicted molar refractivity (Wildman–Crippen MR) is 79.8 cm³/mol. The van der Waals surface area contributed by atoms with E-state index in [1.54, 1.807) is 36.4 Å². The number of nitrogens with two attached hydrogens (primary N) is 1. The summed E-state index contributed by atoms with van der Waals surface area (Å²) in [5.41, 5.74) is 7.82. The molecule has 5 heteroatoms. The first-order chi connectivity index (χ1) is 9.63. The lowest BCUT2D eigenvalue weighted by molar-refractivity contribution is 0.303. The van der Waals surface area contributed by atoms with Crippen molar-refractivity contribution in [2.24, 2.45) is 5.73 Å². The molecule has 0 atom stereocenters. The Morgan fingerprint density at radius 3 is 2.55 bits per heavy atom. The Bertz CT molecular complexity index is 665. The van der Waals surface area contributed by atoms with Crippen molar-refractivity contribution in [2.45, 2.75) is 13.2 Å². The largest absolute Gasteiger partial charge is 0.489 e. The Morgan fingerprint density at radius 1 is 1.10 bits per heavy atom. The van der Waals surface area contributed by atoms with Gasteiger partial charge in [-0.25, -0.2) is 0 Å². The van der Waals surface area contributed by atoms with E-state index in [9.17, 15) is 0 Å². The number of hydrogen-bond donors (Lipinski definition) is 1. The smallest absolute Gasteiger partial charge is 0.124 e. The van der Waals surface area contributed by atoms with Crippen LogP contribution in [0.25, 0.3) is 0 Å². The lowest BCUT2D eigenvalue weighted by Crippen LogP contribution is -2.03. The van der Waals surface area contributed by atoms with Crippen LogP contribution in [-0.2, 0) is 13.2 Å². The van der Waals surface area contributed by atoms with E-state index in [4.69, 9.17) is 38.9 Å². The Hall–Kier alpha value is -1.73. The predicted octanol–water partition coefficient (Wildman–Crippen LogP) is 3.90. The maximum Gasteiger partial charge on any atom is 0.124 e. The molecule has 2 aromatic rings. The van der Waals surface area contributed by atoms with Gasteiger partial charge in [0.05, 0.1) is 11.6 Å². The van der Waals surface area contributed by atoms with E-state index in [2.05, 4.69) is 0 Å². The molecular formula is C15H12Cl2N2O. The van der Waals surface area contributed by atoms with Crippen LogP contribution in [0.3, 0.4) is 0 Å². The molecule has 0 spiro atoms. The van der Waals surface area contributed by atoms with E-state index in [0.717, 1.165) is 11.1 Å². The van der Waals surface area contributed by atoms with Gasteiger partial charge in [0.2, 0.25) is 0 Å². The van der Waals surface area contributed by atoms with E-state index in [1.165, 1.54) is 0 Å². The van der Waals surface area contributed by atoms with Crippen molar-refractivity contribution in [1.82, 2.24) is 0 Å². The van der Waals surface area contributed by atoms with Crippen LogP contribution in [0.1, 0.15) is 16.7 Å². The molecule has 0 bridgehead atoms. The third kappa shape index (κ3) is 3.43. The Labute approximate surface area is 127 Å². The number of ether oxygens (including phenoxy) is 1. The highest BCUT2D eigenvalue weighted by molar-refractivity contribution is 6.31. The molecule has 102 valence electrons. The first-order valence-electron chi connectivity index (χ1n) is 5.94. The van der Waals surface area contributed by atoms with Gasteiger partial charge >= 0.3 is 0 Å². The second kappa shape index (κ2) is 6.62. The third-order valence-electron chi connectivity index (χ3n) is 2.81. The SMILES string of the molecule is N#Cc1ccc(COc2ccc(Cl)cc2CN)c(Cl)c1. The van der Waals surface area contributed by atoms with Crippen LogP contribution in [0.5, 0.6) is 5.75 Å².